The van der Waals surface area contributed by atoms with Crippen molar-refractivity contribution in [2.75, 3.05) is 14.1 Å². The molecule has 2 aromatic heterocycles. The summed E-state index contributed by atoms with van der Waals surface area (Å²) in [6.07, 6.45) is 3.80. The number of benzene rings is 1. The Morgan fingerprint density at radius 2 is 1.96 bits per heavy atom. The average molecular weight is 335 g/mol. The lowest BCUT2D eigenvalue weighted by atomic mass is 9.89. The second-order valence-electron chi connectivity index (χ2n) is 6.73. The summed E-state index contributed by atoms with van der Waals surface area (Å²) < 4.78 is 0. The highest BCUT2D eigenvalue weighted by atomic mass is 16.3. The summed E-state index contributed by atoms with van der Waals surface area (Å²) in [7, 11) is 3.54. The van der Waals surface area contributed by atoms with E-state index in [0.29, 0.717) is 0 Å². The van der Waals surface area contributed by atoms with E-state index < -0.39 is 0 Å². The molecule has 1 amide bonds. The molecular weight excluding hydrogens is 314 g/mol. The standard InChI is InChI=1S/C20H21N3O2/c1-11-16(20(25)23(2)3)13-8-6-9-14(18(13)21-11)17-12-7-4-5-10-15(12)22-19(17)24/h4-5,7,9-10,21-22,24H,6,8H2,1-3H3. The number of rotatable bonds is 2. The summed E-state index contributed by atoms with van der Waals surface area (Å²) in [5.41, 5.74) is 6.25. The summed E-state index contributed by atoms with van der Waals surface area (Å²) in [5, 5.41) is 11.5. The van der Waals surface area contributed by atoms with Gasteiger partial charge in [0.15, 0.2) is 5.88 Å². The van der Waals surface area contributed by atoms with E-state index in [1.165, 1.54) is 0 Å². The van der Waals surface area contributed by atoms with Crippen molar-refractivity contribution in [3.05, 3.63) is 58.4 Å². The lowest BCUT2D eigenvalue weighted by Crippen LogP contribution is -2.23. The summed E-state index contributed by atoms with van der Waals surface area (Å²) in [6.45, 7) is 1.93. The smallest absolute Gasteiger partial charge is 0.255 e. The minimum Gasteiger partial charge on any atom is -0.494 e. The van der Waals surface area contributed by atoms with Crippen LogP contribution in [0.3, 0.4) is 0 Å². The molecule has 4 rings (SSSR count). The number of hydrogen-bond donors (Lipinski definition) is 3. The molecule has 0 saturated heterocycles. The van der Waals surface area contributed by atoms with Crippen molar-refractivity contribution in [2.45, 2.75) is 19.8 Å². The van der Waals surface area contributed by atoms with E-state index in [9.17, 15) is 9.90 Å². The van der Waals surface area contributed by atoms with Crippen LogP contribution in [0.4, 0.5) is 0 Å². The van der Waals surface area contributed by atoms with Gasteiger partial charge in [0.05, 0.1) is 16.8 Å². The number of nitrogens with zero attached hydrogens (tertiary/aromatic N) is 1. The van der Waals surface area contributed by atoms with Crippen LogP contribution in [0.1, 0.15) is 39.3 Å². The van der Waals surface area contributed by atoms with Crippen LogP contribution in [0.25, 0.3) is 16.5 Å². The maximum absolute atomic E-state index is 12.6. The Morgan fingerprint density at radius 3 is 2.72 bits per heavy atom. The summed E-state index contributed by atoms with van der Waals surface area (Å²) in [6, 6.07) is 7.85. The van der Waals surface area contributed by atoms with Crippen molar-refractivity contribution in [2.24, 2.45) is 0 Å². The van der Waals surface area contributed by atoms with E-state index >= 15 is 0 Å². The number of aromatic nitrogens is 2. The van der Waals surface area contributed by atoms with Gasteiger partial charge in [-0.15, -0.1) is 0 Å². The molecule has 0 atom stereocenters. The Balaban J connectivity index is 1.93. The first kappa shape index (κ1) is 15.6. The fourth-order valence-electron chi connectivity index (χ4n) is 3.76. The lowest BCUT2D eigenvalue weighted by Gasteiger charge is -2.17. The van der Waals surface area contributed by atoms with Crippen LogP contribution in [0.2, 0.25) is 0 Å². The predicted octanol–water partition coefficient (Wildman–Crippen LogP) is 3.59. The molecule has 2 heterocycles. The summed E-state index contributed by atoms with van der Waals surface area (Å²) in [5.74, 6) is 0.174. The number of H-pyrrole nitrogens is 2. The van der Waals surface area contributed by atoms with Gasteiger partial charge in [0.2, 0.25) is 0 Å². The molecule has 25 heavy (non-hydrogen) atoms. The molecule has 0 bridgehead atoms. The number of para-hydroxylation sites is 1. The summed E-state index contributed by atoms with van der Waals surface area (Å²) >= 11 is 0. The maximum atomic E-state index is 12.6. The van der Waals surface area contributed by atoms with Crippen molar-refractivity contribution >= 4 is 22.4 Å². The number of aromatic hydroxyl groups is 1. The van der Waals surface area contributed by atoms with Crippen LogP contribution in [-0.2, 0) is 6.42 Å². The lowest BCUT2D eigenvalue weighted by molar-refractivity contribution is 0.0826. The first-order valence-corrected chi connectivity index (χ1v) is 8.42. The van der Waals surface area contributed by atoms with Crippen molar-refractivity contribution < 1.29 is 9.90 Å². The summed E-state index contributed by atoms with van der Waals surface area (Å²) in [4.78, 5) is 20.6. The Kier molecular flexibility index (Phi) is 3.46. The molecule has 0 radical (unpaired) electrons. The van der Waals surface area contributed by atoms with E-state index in [2.05, 4.69) is 16.0 Å². The predicted molar refractivity (Wildman–Crippen MR) is 98.9 cm³/mol. The first-order chi connectivity index (χ1) is 12.0. The fourth-order valence-corrected chi connectivity index (χ4v) is 3.76. The highest BCUT2D eigenvalue weighted by Gasteiger charge is 2.28. The number of hydrogen-bond acceptors (Lipinski definition) is 2. The van der Waals surface area contributed by atoms with E-state index in [-0.39, 0.29) is 11.8 Å². The zero-order valence-corrected chi connectivity index (χ0v) is 14.6. The minimum absolute atomic E-state index is 0.0133. The monoisotopic (exact) mass is 335 g/mol. The van der Waals surface area contributed by atoms with Crippen molar-refractivity contribution in [1.82, 2.24) is 14.9 Å². The zero-order chi connectivity index (χ0) is 17.7. The van der Waals surface area contributed by atoms with Gasteiger partial charge in [0.25, 0.3) is 5.91 Å². The molecule has 5 nitrogen and oxygen atoms in total. The number of amides is 1. The van der Waals surface area contributed by atoms with Gasteiger partial charge in [-0.2, -0.15) is 0 Å². The third-order valence-electron chi connectivity index (χ3n) is 4.88. The van der Waals surface area contributed by atoms with Crippen molar-refractivity contribution in [3.63, 3.8) is 0 Å². The van der Waals surface area contributed by atoms with Crippen LogP contribution in [0.15, 0.2) is 30.3 Å². The molecule has 128 valence electrons. The molecule has 5 heteroatoms. The number of allylic oxidation sites excluding steroid dienone is 1. The van der Waals surface area contributed by atoms with Gasteiger partial charge < -0.3 is 20.0 Å². The molecule has 0 spiro atoms. The Bertz CT molecular complexity index is 1020. The molecule has 1 aliphatic carbocycles. The Hall–Kier alpha value is -2.95. The largest absolute Gasteiger partial charge is 0.494 e. The third-order valence-corrected chi connectivity index (χ3v) is 4.88. The van der Waals surface area contributed by atoms with Crippen LogP contribution >= 0.6 is 0 Å². The van der Waals surface area contributed by atoms with Gasteiger partial charge in [-0.3, -0.25) is 4.79 Å². The second-order valence-corrected chi connectivity index (χ2v) is 6.73. The van der Waals surface area contributed by atoms with Crippen molar-refractivity contribution in [3.8, 4) is 5.88 Å². The number of carbonyl (C=O) groups excluding carboxylic acids is 1. The molecule has 3 N–H and O–H groups in total. The number of aryl methyl sites for hydroxylation is 1. The van der Waals surface area contributed by atoms with Gasteiger partial charge in [0.1, 0.15) is 0 Å². The molecule has 0 fully saturated rings. The molecule has 0 aliphatic heterocycles. The van der Waals surface area contributed by atoms with E-state index in [1.807, 2.05) is 31.2 Å². The Labute approximate surface area is 146 Å². The van der Waals surface area contributed by atoms with E-state index in [0.717, 1.165) is 57.4 Å². The first-order valence-electron chi connectivity index (χ1n) is 8.42. The van der Waals surface area contributed by atoms with Crippen LogP contribution in [0, 0.1) is 6.92 Å². The van der Waals surface area contributed by atoms with Gasteiger partial charge in [-0.05, 0) is 31.4 Å². The number of nitrogens with one attached hydrogen (secondary N) is 2. The number of fused-ring (bicyclic) bond motifs is 2. The van der Waals surface area contributed by atoms with E-state index in [4.69, 9.17) is 0 Å². The number of carbonyl (C=O) groups is 1. The molecule has 3 aromatic rings. The number of aromatic amines is 2. The average Bonchev–Trinajstić information content (AvgIpc) is 3.09. The topological polar surface area (TPSA) is 72.1 Å². The highest BCUT2D eigenvalue weighted by molar-refractivity contribution is 6.03. The quantitative estimate of drug-likeness (QED) is 0.670. The molecule has 1 aliphatic rings. The molecule has 0 unspecified atom stereocenters. The normalized spacial score (nSPS) is 13.6. The van der Waals surface area contributed by atoms with Crippen LogP contribution in [0.5, 0.6) is 5.88 Å². The van der Waals surface area contributed by atoms with Gasteiger partial charge in [-0.1, -0.05) is 24.3 Å². The third kappa shape index (κ3) is 2.27. The van der Waals surface area contributed by atoms with E-state index in [1.54, 1.807) is 19.0 Å². The molecule has 0 saturated carbocycles. The molecule has 1 aromatic carbocycles. The van der Waals surface area contributed by atoms with Crippen LogP contribution in [-0.4, -0.2) is 40.0 Å². The Morgan fingerprint density at radius 1 is 1.20 bits per heavy atom. The fraction of sp³-hybridized carbons (Fsp3) is 0.250. The van der Waals surface area contributed by atoms with Gasteiger partial charge in [-0.25, -0.2) is 0 Å². The van der Waals surface area contributed by atoms with Gasteiger partial charge >= 0.3 is 0 Å². The minimum atomic E-state index is 0.0133. The zero-order valence-electron chi connectivity index (χ0n) is 14.6. The second kappa shape index (κ2) is 5.55. The highest BCUT2D eigenvalue weighted by Crippen LogP contribution is 2.41. The maximum Gasteiger partial charge on any atom is 0.255 e. The SMILES string of the molecule is Cc1[nH]c2c(c1C(=O)N(C)C)CCC=C2c1c(O)[nH]c2ccccc12. The van der Waals surface area contributed by atoms with Crippen molar-refractivity contribution in [1.29, 1.82) is 0 Å². The molecular formula is C20H21N3O2. The van der Waals surface area contributed by atoms with Crippen LogP contribution < -0.4 is 0 Å². The van der Waals surface area contributed by atoms with Gasteiger partial charge in [0, 0.05) is 36.3 Å².